The summed E-state index contributed by atoms with van der Waals surface area (Å²) in [5.74, 6) is 0.231. The molecule has 2 aromatic carbocycles. The standard InChI is InChI=1S/C19H24N2O2/c1-14(13-21-8-4-5-9-21)12-20-19(23)17-10-15-6-2-3-7-16(15)11-18(17)22/h2-3,6-7,10-11,14,22H,4-5,8-9,12-13H2,1H3,(H,20,23)/t14-/m0/s1. The number of nitrogens with zero attached hydrogens (tertiary/aromatic N) is 1. The maximum absolute atomic E-state index is 12.4. The van der Waals surface area contributed by atoms with Crippen LogP contribution in [0.2, 0.25) is 0 Å². The Morgan fingerprint density at radius 1 is 1.22 bits per heavy atom. The zero-order chi connectivity index (χ0) is 16.2. The summed E-state index contributed by atoms with van der Waals surface area (Å²) < 4.78 is 0. The van der Waals surface area contributed by atoms with Gasteiger partial charge >= 0.3 is 0 Å². The Balaban J connectivity index is 1.62. The number of amides is 1. The van der Waals surface area contributed by atoms with Gasteiger partial charge in [0, 0.05) is 13.1 Å². The third-order valence-electron chi connectivity index (χ3n) is 4.49. The summed E-state index contributed by atoms with van der Waals surface area (Å²) in [6, 6.07) is 11.1. The van der Waals surface area contributed by atoms with Crippen LogP contribution in [-0.4, -0.2) is 42.1 Å². The van der Waals surface area contributed by atoms with Crippen molar-refractivity contribution in [3.05, 3.63) is 42.0 Å². The van der Waals surface area contributed by atoms with E-state index in [2.05, 4.69) is 17.1 Å². The predicted octanol–water partition coefficient (Wildman–Crippen LogP) is 3.01. The third kappa shape index (κ3) is 3.82. The van der Waals surface area contributed by atoms with Crippen molar-refractivity contribution in [3.8, 4) is 5.75 Å². The van der Waals surface area contributed by atoms with E-state index in [1.54, 1.807) is 12.1 Å². The second kappa shape index (κ2) is 7.01. The van der Waals surface area contributed by atoms with Crippen molar-refractivity contribution in [2.45, 2.75) is 19.8 Å². The van der Waals surface area contributed by atoms with E-state index in [1.165, 1.54) is 25.9 Å². The van der Waals surface area contributed by atoms with Crippen molar-refractivity contribution in [1.29, 1.82) is 0 Å². The number of hydrogen-bond donors (Lipinski definition) is 2. The lowest BCUT2D eigenvalue weighted by molar-refractivity contribution is 0.0942. The highest BCUT2D eigenvalue weighted by atomic mass is 16.3. The molecule has 1 amide bonds. The first-order chi connectivity index (χ1) is 11.1. The van der Waals surface area contributed by atoms with Crippen LogP contribution in [0.4, 0.5) is 0 Å². The first kappa shape index (κ1) is 15.8. The summed E-state index contributed by atoms with van der Waals surface area (Å²) >= 11 is 0. The molecule has 0 spiro atoms. The summed E-state index contributed by atoms with van der Waals surface area (Å²) in [7, 11) is 0. The molecule has 0 aliphatic carbocycles. The summed E-state index contributed by atoms with van der Waals surface area (Å²) in [4.78, 5) is 14.8. The molecule has 122 valence electrons. The number of rotatable bonds is 5. The number of phenols is 1. The van der Waals surface area contributed by atoms with Crippen LogP contribution in [0.5, 0.6) is 5.75 Å². The maximum atomic E-state index is 12.4. The Kier molecular flexibility index (Phi) is 4.82. The first-order valence-corrected chi connectivity index (χ1v) is 8.36. The number of benzene rings is 2. The van der Waals surface area contributed by atoms with Crippen LogP contribution in [-0.2, 0) is 0 Å². The van der Waals surface area contributed by atoms with Gasteiger partial charge in [-0.2, -0.15) is 0 Å². The van der Waals surface area contributed by atoms with Gasteiger partial charge in [0.25, 0.3) is 5.91 Å². The van der Waals surface area contributed by atoms with E-state index in [1.807, 2.05) is 24.3 Å². The van der Waals surface area contributed by atoms with Gasteiger partial charge in [-0.3, -0.25) is 4.79 Å². The molecule has 0 radical (unpaired) electrons. The van der Waals surface area contributed by atoms with E-state index >= 15 is 0 Å². The summed E-state index contributed by atoms with van der Waals surface area (Å²) in [6.45, 7) is 6.14. The zero-order valence-electron chi connectivity index (χ0n) is 13.6. The minimum atomic E-state index is -0.207. The molecule has 1 aliphatic heterocycles. The highest BCUT2D eigenvalue weighted by molar-refractivity contribution is 6.01. The number of carbonyl (C=O) groups is 1. The van der Waals surface area contributed by atoms with Gasteiger partial charge in [0.05, 0.1) is 5.56 Å². The summed E-state index contributed by atoms with van der Waals surface area (Å²) in [6.07, 6.45) is 2.56. The van der Waals surface area contributed by atoms with Gasteiger partial charge in [-0.1, -0.05) is 31.2 Å². The minimum absolute atomic E-state index is 0.0356. The van der Waals surface area contributed by atoms with E-state index in [0.717, 1.165) is 17.3 Å². The SMILES string of the molecule is C[C@@H](CNC(=O)c1cc2ccccc2cc1O)CN1CCCC1. The smallest absolute Gasteiger partial charge is 0.255 e. The normalized spacial score (nSPS) is 16.6. The van der Waals surface area contributed by atoms with Gasteiger partial charge in [0.15, 0.2) is 0 Å². The topological polar surface area (TPSA) is 52.6 Å². The van der Waals surface area contributed by atoms with Crippen molar-refractivity contribution < 1.29 is 9.90 Å². The van der Waals surface area contributed by atoms with Crippen LogP contribution in [0.1, 0.15) is 30.1 Å². The molecule has 1 atom stereocenters. The molecule has 0 unspecified atom stereocenters. The molecule has 0 saturated carbocycles. The van der Waals surface area contributed by atoms with Gasteiger partial charge in [-0.05, 0) is 54.8 Å². The lowest BCUT2D eigenvalue weighted by Gasteiger charge is -2.20. The largest absolute Gasteiger partial charge is 0.507 e. The van der Waals surface area contributed by atoms with E-state index in [9.17, 15) is 9.90 Å². The zero-order valence-corrected chi connectivity index (χ0v) is 13.6. The van der Waals surface area contributed by atoms with Gasteiger partial charge < -0.3 is 15.3 Å². The number of fused-ring (bicyclic) bond motifs is 1. The molecule has 4 heteroatoms. The van der Waals surface area contributed by atoms with Gasteiger partial charge in [-0.15, -0.1) is 0 Å². The number of phenolic OH excluding ortho intramolecular Hbond substituents is 1. The third-order valence-corrected chi connectivity index (χ3v) is 4.49. The van der Waals surface area contributed by atoms with Crippen LogP contribution in [0.3, 0.4) is 0 Å². The Labute approximate surface area is 137 Å². The van der Waals surface area contributed by atoms with Crippen LogP contribution < -0.4 is 5.32 Å². The van der Waals surface area contributed by atoms with E-state index in [0.29, 0.717) is 18.0 Å². The second-order valence-corrected chi connectivity index (χ2v) is 6.54. The Morgan fingerprint density at radius 2 is 1.87 bits per heavy atom. The highest BCUT2D eigenvalue weighted by Crippen LogP contribution is 2.24. The van der Waals surface area contributed by atoms with E-state index < -0.39 is 0 Å². The average molecular weight is 312 g/mol. The second-order valence-electron chi connectivity index (χ2n) is 6.54. The Morgan fingerprint density at radius 3 is 2.57 bits per heavy atom. The molecule has 2 aromatic rings. The molecule has 3 rings (SSSR count). The lowest BCUT2D eigenvalue weighted by Crippen LogP contribution is -2.34. The van der Waals surface area contributed by atoms with Crippen LogP contribution in [0.15, 0.2) is 36.4 Å². The van der Waals surface area contributed by atoms with Crippen molar-refractivity contribution in [3.63, 3.8) is 0 Å². The summed E-state index contributed by atoms with van der Waals surface area (Å²) in [5.41, 5.74) is 0.345. The minimum Gasteiger partial charge on any atom is -0.507 e. The molecule has 2 N–H and O–H groups in total. The average Bonchev–Trinajstić information content (AvgIpc) is 3.05. The molecule has 23 heavy (non-hydrogen) atoms. The quantitative estimate of drug-likeness (QED) is 0.892. The molecule has 1 fully saturated rings. The molecule has 1 heterocycles. The fourth-order valence-corrected chi connectivity index (χ4v) is 3.24. The van der Waals surface area contributed by atoms with Gasteiger partial charge in [-0.25, -0.2) is 0 Å². The highest BCUT2D eigenvalue weighted by Gasteiger charge is 2.17. The van der Waals surface area contributed by atoms with Crippen LogP contribution >= 0.6 is 0 Å². The number of likely N-dealkylation sites (tertiary alicyclic amines) is 1. The number of hydrogen-bond acceptors (Lipinski definition) is 3. The number of aromatic hydroxyl groups is 1. The molecule has 1 saturated heterocycles. The molecule has 1 aliphatic rings. The molecule has 0 aromatic heterocycles. The van der Waals surface area contributed by atoms with Crippen LogP contribution in [0, 0.1) is 5.92 Å². The monoisotopic (exact) mass is 312 g/mol. The van der Waals surface area contributed by atoms with Crippen LogP contribution in [0.25, 0.3) is 10.8 Å². The van der Waals surface area contributed by atoms with E-state index in [4.69, 9.17) is 0 Å². The van der Waals surface area contributed by atoms with Crippen molar-refractivity contribution in [2.24, 2.45) is 5.92 Å². The van der Waals surface area contributed by atoms with Gasteiger partial charge in [0.1, 0.15) is 5.75 Å². The van der Waals surface area contributed by atoms with E-state index in [-0.39, 0.29) is 11.7 Å². The van der Waals surface area contributed by atoms with Crippen molar-refractivity contribution in [1.82, 2.24) is 10.2 Å². The first-order valence-electron chi connectivity index (χ1n) is 8.36. The predicted molar refractivity (Wildman–Crippen MR) is 92.8 cm³/mol. The molecular weight excluding hydrogens is 288 g/mol. The van der Waals surface area contributed by atoms with Gasteiger partial charge in [0.2, 0.25) is 0 Å². The van der Waals surface area contributed by atoms with Crippen molar-refractivity contribution >= 4 is 16.7 Å². The number of carbonyl (C=O) groups excluding carboxylic acids is 1. The number of nitrogens with one attached hydrogen (secondary N) is 1. The summed E-state index contributed by atoms with van der Waals surface area (Å²) in [5, 5.41) is 15.0. The lowest BCUT2D eigenvalue weighted by atomic mass is 10.0. The Hall–Kier alpha value is -2.07. The Bertz CT molecular complexity index is 693. The molecular formula is C19H24N2O2. The van der Waals surface area contributed by atoms with Crippen molar-refractivity contribution in [2.75, 3.05) is 26.2 Å². The fourth-order valence-electron chi connectivity index (χ4n) is 3.24. The fraction of sp³-hybridized carbons (Fsp3) is 0.421. The molecule has 0 bridgehead atoms. The maximum Gasteiger partial charge on any atom is 0.255 e. The molecule has 4 nitrogen and oxygen atoms in total.